The summed E-state index contributed by atoms with van der Waals surface area (Å²) >= 11 is 0. The van der Waals surface area contributed by atoms with Gasteiger partial charge in [-0.15, -0.1) is 0 Å². The third-order valence-corrected chi connectivity index (χ3v) is 3.52. The van der Waals surface area contributed by atoms with Crippen LogP contribution in [0.1, 0.15) is 45.4 Å². The quantitative estimate of drug-likeness (QED) is 0.681. The molecule has 2 atom stereocenters. The Balaban J connectivity index is 2.06. The molecule has 2 N–H and O–H groups in total. The molecule has 96 valence electrons. The van der Waals surface area contributed by atoms with Gasteiger partial charge in [-0.2, -0.15) is 0 Å². The number of hydrogen-bond acceptors (Lipinski definition) is 3. The van der Waals surface area contributed by atoms with E-state index in [1.807, 2.05) is 0 Å². The molecule has 16 heavy (non-hydrogen) atoms. The van der Waals surface area contributed by atoms with E-state index < -0.39 is 0 Å². The van der Waals surface area contributed by atoms with Gasteiger partial charge in [0.25, 0.3) is 0 Å². The van der Waals surface area contributed by atoms with Gasteiger partial charge in [0.15, 0.2) is 0 Å². The lowest BCUT2D eigenvalue weighted by molar-refractivity contribution is 0.0644. The fourth-order valence-corrected chi connectivity index (χ4v) is 2.70. The zero-order chi connectivity index (χ0) is 11.9. The summed E-state index contributed by atoms with van der Waals surface area (Å²) in [5.41, 5.74) is 6.50. The van der Waals surface area contributed by atoms with Crippen LogP contribution in [0, 0.1) is 5.92 Å². The van der Waals surface area contributed by atoms with Crippen LogP contribution in [-0.2, 0) is 9.47 Å². The third kappa shape index (κ3) is 5.28. The number of ether oxygens (including phenoxy) is 2. The van der Waals surface area contributed by atoms with Gasteiger partial charge in [0.1, 0.15) is 0 Å². The lowest BCUT2D eigenvalue weighted by Gasteiger charge is -2.37. The Kier molecular flexibility index (Phi) is 6.32. The highest BCUT2D eigenvalue weighted by Crippen LogP contribution is 2.33. The second-order valence-electron chi connectivity index (χ2n) is 5.27. The molecular formula is C13H27NO2. The monoisotopic (exact) mass is 229 g/mol. The fraction of sp³-hybridized carbons (Fsp3) is 1.00. The molecule has 0 aromatic carbocycles. The van der Waals surface area contributed by atoms with Gasteiger partial charge in [-0.25, -0.2) is 0 Å². The predicted molar refractivity (Wildman–Crippen MR) is 66.5 cm³/mol. The molecule has 0 aromatic rings. The Labute approximate surface area is 99.7 Å². The van der Waals surface area contributed by atoms with Crippen molar-refractivity contribution >= 4 is 0 Å². The minimum Gasteiger partial charge on any atom is -0.382 e. The first-order valence-corrected chi connectivity index (χ1v) is 6.52. The Morgan fingerprint density at radius 2 is 2.12 bits per heavy atom. The minimum atomic E-state index is 0.0856. The molecule has 1 saturated carbocycles. The first kappa shape index (κ1) is 13.9. The summed E-state index contributed by atoms with van der Waals surface area (Å²) in [6.07, 6.45) is 7.20. The van der Waals surface area contributed by atoms with E-state index >= 15 is 0 Å². The Hall–Kier alpha value is -0.120. The summed E-state index contributed by atoms with van der Waals surface area (Å²) in [5.74, 6) is 0.799. The molecule has 0 aliphatic heterocycles. The van der Waals surface area contributed by atoms with Gasteiger partial charge in [0, 0.05) is 19.3 Å². The smallest absolute Gasteiger partial charge is 0.0700 e. The molecule has 1 aliphatic carbocycles. The summed E-state index contributed by atoms with van der Waals surface area (Å²) in [7, 11) is 1.70. The summed E-state index contributed by atoms with van der Waals surface area (Å²) in [4.78, 5) is 0. The lowest BCUT2D eigenvalue weighted by atomic mass is 9.75. The number of methoxy groups -OCH3 is 1. The van der Waals surface area contributed by atoms with Crippen molar-refractivity contribution in [3.05, 3.63) is 0 Å². The van der Waals surface area contributed by atoms with Crippen LogP contribution in [0.2, 0.25) is 0 Å². The zero-order valence-corrected chi connectivity index (χ0v) is 10.8. The highest BCUT2D eigenvalue weighted by Gasteiger charge is 2.30. The summed E-state index contributed by atoms with van der Waals surface area (Å²) < 4.78 is 10.4. The highest BCUT2D eigenvalue weighted by molar-refractivity contribution is 4.89. The number of hydrogen-bond donors (Lipinski definition) is 1. The maximum atomic E-state index is 6.41. The van der Waals surface area contributed by atoms with Crippen molar-refractivity contribution in [2.24, 2.45) is 11.7 Å². The second-order valence-corrected chi connectivity index (χ2v) is 5.27. The predicted octanol–water partition coefficient (Wildman–Crippen LogP) is 2.34. The molecule has 0 aromatic heterocycles. The van der Waals surface area contributed by atoms with Crippen LogP contribution in [0.3, 0.4) is 0 Å². The zero-order valence-electron chi connectivity index (χ0n) is 10.8. The van der Waals surface area contributed by atoms with E-state index in [9.17, 15) is 0 Å². The molecule has 3 heteroatoms. The molecule has 0 spiro atoms. The van der Waals surface area contributed by atoms with Crippen LogP contribution >= 0.6 is 0 Å². The van der Waals surface area contributed by atoms with E-state index in [1.54, 1.807) is 7.11 Å². The minimum absolute atomic E-state index is 0.0856. The van der Waals surface area contributed by atoms with Gasteiger partial charge in [0.05, 0.1) is 13.2 Å². The molecule has 1 rings (SSSR count). The fourth-order valence-electron chi connectivity index (χ4n) is 2.70. The average Bonchev–Trinajstić information content (AvgIpc) is 2.23. The highest BCUT2D eigenvalue weighted by atomic mass is 16.5. The Morgan fingerprint density at radius 1 is 1.31 bits per heavy atom. The molecule has 0 radical (unpaired) electrons. The maximum absolute atomic E-state index is 6.41. The number of nitrogens with two attached hydrogens (primary N) is 1. The first-order chi connectivity index (χ1) is 7.66. The number of rotatable bonds is 7. The van der Waals surface area contributed by atoms with Crippen molar-refractivity contribution in [1.82, 2.24) is 0 Å². The molecule has 3 nitrogen and oxygen atoms in total. The van der Waals surface area contributed by atoms with Crippen LogP contribution < -0.4 is 5.73 Å². The summed E-state index contributed by atoms with van der Waals surface area (Å²) in [5, 5.41) is 0. The van der Waals surface area contributed by atoms with E-state index in [0.717, 1.165) is 25.4 Å². The standard InChI is InChI=1S/C13H27NO2/c1-12-5-3-6-13(14,11-12)7-4-8-16-10-9-15-2/h12H,3-11,14H2,1-2H3. The Morgan fingerprint density at radius 3 is 2.81 bits per heavy atom. The van der Waals surface area contributed by atoms with Crippen molar-refractivity contribution in [3.8, 4) is 0 Å². The van der Waals surface area contributed by atoms with Gasteiger partial charge in [-0.3, -0.25) is 0 Å². The third-order valence-electron chi connectivity index (χ3n) is 3.52. The molecule has 0 amide bonds. The molecule has 1 aliphatic rings. The SMILES string of the molecule is COCCOCCCC1(N)CCCC(C)C1. The van der Waals surface area contributed by atoms with Gasteiger partial charge < -0.3 is 15.2 Å². The Bertz CT molecular complexity index is 187. The van der Waals surface area contributed by atoms with Gasteiger partial charge >= 0.3 is 0 Å². The lowest BCUT2D eigenvalue weighted by Crippen LogP contribution is -2.44. The van der Waals surface area contributed by atoms with E-state index in [0.29, 0.717) is 13.2 Å². The van der Waals surface area contributed by atoms with E-state index in [4.69, 9.17) is 15.2 Å². The molecule has 0 saturated heterocycles. The van der Waals surface area contributed by atoms with Crippen LogP contribution in [0.15, 0.2) is 0 Å². The molecule has 2 unspecified atom stereocenters. The summed E-state index contributed by atoms with van der Waals surface area (Å²) in [6.45, 7) is 4.52. The van der Waals surface area contributed by atoms with Crippen LogP contribution in [-0.4, -0.2) is 32.5 Å². The maximum Gasteiger partial charge on any atom is 0.0700 e. The molecule has 0 heterocycles. The summed E-state index contributed by atoms with van der Waals surface area (Å²) in [6, 6.07) is 0. The van der Waals surface area contributed by atoms with Crippen molar-refractivity contribution < 1.29 is 9.47 Å². The largest absolute Gasteiger partial charge is 0.382 e. The van der Waals surface area contributed by atoms with Crippen molar-refractivity contribution in [2.75, 3.05) is 26.9 Å². The van der Waals surface area contributed by atoms with E-state index in [-0.39, 0.29) is 5.54 Å². The van der Waals surface area contributed by atoms with Crippen LogP contribution in [0.4, 0.5) is 0 Å². The van der Waals surface area contributed by atoms with Crippen LogP contribution in [0.25, 0.3) is 0 Å². The average molecular weight is 229 g/mol. The van der Waals surface area contributed by atoms with Crippen molar-refractivity contribution in [1.29, 1.82) is 0 Å². The van der Waals surface area contributed by atoms with Gasteiger partial charge in [-0.05, 0) is 31.6 Å². The van der Waals surface area contributed by atoms with Crippen molar-refractivity contribution in [2.45, 2.75) is 51.0 Å². The van der Waals surface area contributed by atoms with Gasteiger partial charge in [-0.1, -0.05) is 19.8 Å². The van der Waals surface area contributed by atoms with E-state index in [2.05, 4.69) is 6.92 Å². The van der Waals surface area contributed by atoms with Gasteiger partial charge in [0.2, 0.25) is 0 Å². The first-order valence-electron chi connectivity index (χ1n) is 6.52. The van der Waals surface area contributed by atoms with Crippen LogP contribution in [0.5, 0.6) is 0 Å². The topological polar surface area (TPSA) is 44.5 Å². The second kappa shape index (κ2) is 7.25. The normalized spacial score (nSPS) is 30.6. The van der Waals surface area contributed by atoms with Crippen molar-refractivity contribution in [3.63, 3.8) is 0 Å². The molecular weight excluding hydrogens is 202 g/mol. The van der Waals surface area contributed by atoms with E-state index in [1.165, 1.54) is 25.7 Å². The molecule has 0 bridgehead atoms. The molecule has 1 fully saturated rings.